The first-order valence-electron chi connectivity index (χ1n) is 13.8. The van der Waals surface area contributed by atoms with E-state index in [2.05, 4.69) is 15.4 Å². The van der Waals surface area contributed by atoms with Crippen molar-refractivity contribution in [2.45, 2.75) is 6.54 Å². The Morgan fingerprint density at radius 1 is 0.953 bits per heavy atom. The molecule has 0 atom stereocenters. The molecule has 2 heterocycles. The molecular weight excluding hydrogens is 572 g/mol. The number of ether oxygens (including phenoxy) is 3. The van der Waals surface area contributed by atoms with Crippen molar-refractivity contribution >= 4 is 40.4 Å². The molecule has 43 heavy (non-hydrogen) atoms. The summed E-state index contributed by atoms with van der Waals surface area (Å²) < 4.78 is 16.9. The van der Waals surface area contributed by atoms with Gasteiger partial charge < -0.3 is 24.2 Å². The standard InChI is InChI=1S/C32H29ClN4O6/c33-26-16-22(6-8-27(26)38)32(40)35-34-17-23-7-10-28(25-4-2-1-3-24(23)25)41-19-31(39)37-13-11-36(12-14-37)18-21-5-9-29-30(15-21)43-20-42-29/h1-10,15-17,38H,11-14,18-20H2,(H,35,40). The molecule has 0 aliphatic carbocycles. The number of rotatable bonds is 8. The van der Waals surface area contributed by atoms with Crippen molar-refractivity contribution in [1.82, 2.24) is 15.2 Å². The number of hydrogen-bond donors (Lipinski definition) is 2. The molecule has 0 bridgehead atoms. The van der Waals surface area contributed by atoms with Gasteiger partial charge in [0.25, 0.3) is 11.8 Å². The zero-order chi connectivity index (χ0) is 29.8. The van der Waals surface area contributed by atoms with Crippen LogP contribution >= 0.6 is 11.6 Å². The fourth-order valence-electron chi connectivity index (χ4n) is 5.09. The normalized spacial score (nSPS) is 14.8. The summed E-state index contributed by atoms with van der Waals surface area (Å²) in [4.78, 5) is 29.6. The second kappa shape index (κ2) is 12.6. The third-order valence-electron chi connectivity index (χ3n) is 7.42. The van der Waals surface area contributed by atoms with Gasteiger partial charge in [0.1, 0.15) is 11.5 Å². The first kappa shape index (κ1) is 28.3. The monoisotopic (exact) mass is 600 g/mol. The zero-order valence-electron chi connectivity index (χ0n) is 23.2. The second-order valence-electron chi connectivity index (χ2n) is 10.2. The molecule has 0 saturated carbocycles. The number of nitrogens with zero attached hydrogens (tertiary/aromatic N) is 3. The third-order valence-corrected chi connectivity index (χ3v) is 7.72. The van der Waals surface area contributed by atoms with Crippen LogP contribution < -0.4 is 19.6 Å². The summed E-state index contributed by atoms with van der Waals surface area (Å²) >= 11 is 5.89. The van der Waals surface area contributed by atoms with Crippen LogP contribution in [0.4, 0.5) is 0 Å². The first-order chi connectivity index (χ1) is 20.9. The van der Waals surface area contributed by atoms with Crippen molar-refractivity contribution in [2.75, 3.05) is 39.6 Å². The lowest BCUT2D eigenvalue weighted by Gasteiger charge is -2.34. The van der Waals surface area contributed by atoms with Gasteiger partial charge in [-0.15, -0.1) is 0 Å². The highest BCUT2D eigenvalue weighted by Crippen LogP contribution is 2.33. The van der Waals surface area contributed by atoms with Crippen LogP contribution in [0, 0.1) is 0 Å². The van der Waals surface area contributed by atoms with Crippen molar-refractivity contribution in [1.29, 1.82) is 0 Å². The van der Waals surface area contributed by atoms with E-state index in [1.807, 2.05) is 53.4 Å². The van der Waals surface area contributed by atoms with Crippen LogP contribution in [-0.2, 0) is 11.3 Å². The smallest absolute Gasteiger partial charge is 0.271 e. The van der Waals surface area contributed by atoms with Gasteiger partial charge in [-0.2, -0.15) is 5.10 Å². The van der Waals surface area contributed by atoms with E-state index in [0.29, 0.717) is 18.8 Å². The average Bonchev–Trinajstić information content (AvgIpc) is 3.50. The predicted octanol–water partition coefficient (Wildman–Crippen LogP) is 4.41. The molecule has 10 nitrogen and oxygen atoms in total. The lowest BCUT2D eigenvalue weighted by atomic mass is 10.0. The van der Waals surface area contributed by atoms with Crippen molar-refractivity contribution in [2.24, 2.45) is 5.10 Å². The Morgan fingerprint density at radius 3 is 2.56 bits per heavy atom. The Balaban J connectivity index is 1.03. The van der Waals surface area contributed by atoms with E-state index in [1.54, 1.807) is 12.3 Å². The molecule has 1 fully saturated rings. The van der Waals surface area contributed by atoms with Gasteiger partial charge >= 0.3 is 0 Å². The number of benzene rings is 4. The summed E-state index contributed by atoms with van der Waals surface area (Å²) in [6.07, 6.45) is 1.54. The summed E-state index contributed by atoms with van der Waals surface area (Å²) in [5.41, 5.74) is 4.65. The summed E-state index contributed by atoms with van der Waals surface area (Å²) in [7, 11) is 0. The maximum absolute atomic E-state index is 13.0. The maximum Gasteiger partial charge on any atom is 0.271 e. The molecule has 2 N–H and O–H groups in total. The van der Waals surface area contributed by atoms with Crippen molar-refractivity contribution in [3.05, 3.63) is 94.5 Å². The Labute approximate surface area is 253 Å². The number of aromatic hydroxyl groups is 1. The van der Waals surface area contributed by atoms with Gasteiger partial charge in [0.2, 0.25) is 6.79 Å². The Hall–Kier alpha value is -4.80. The average molecular weight is 601 g/mol. The number of piperazine rings is 1. The van der Waals surface area contributed by atoms with Crippen LogP contribution in [0.2, 0.25) is 5.02 Å². The predicted molar refractivity (Wildman–Crippen MR) is 162 cm³/mol. The van der Waals surface area contributed by atoms with Gasteiger partial charge in [0.05, 0.1) is 11.2 Å². The topological polar surface area (TPSA) is 113 Å². The SMILES string of the molecule is O=C(NN=Cc1ccc(OCC(=O)N2CCN(Cc3ccc4c(c3)OCO4)CC2)c2ccccc12)c1ccc(O)c(Cl)c1. The number of halogens is 1. The molecule has 2 aliphatic heterocycles. The van der Waals surface area contributed by atoms with Gasteiger partial charge in [0.15, 0.2) is 18.1 Å². The van der Waals surface area contributed by atoms with Crippen LogP contribution in [0.25, 0.3) is 10.8 Å². The number of amides is 2. The van der Waals surface area contributed by atoms with Gasteiger partial charge in [-0.25, -0.2) is 5.43 Å². The molecule has 2 aliphatic rings. The molecule has 4 aromatic rings. The first-order valence-corrected chi connectivity index (χ1v) is 14.2. The highest BCUT2D eigenvalue weighted by molar-refractivity contribution is 6.32. The summed E-state index contributed by atoms with van der Waals surface area (Å²) in [6.45, 7) is 3.78. The summed E-state index contributed by atoms with van der Waals surface area (Å²) in [6, 6.07) is 21.4. The minimum absolute atomic E-state index is 0.0607. The second-order valence-corrected chi connectivity index (χ2v) is 10.6. The highest BCUT2D eigenvalue weighted by atomic mass is 35.5. The molecule has 0 spiro atoms. The number of fused-ring (bicyclic) bond motifs is 2. The van der Waals surface area contributed by atoms with Gasteiger partial charge in [-0.05, 0) is 53.4 Å². The fourth-order valence-corrected chi connectivity index (χ4v) is 5.27. The van der Waals surface area contributed by atoms with Crippen molar-refractivity contribution in [3.8, 4) is 23.0 Å². The van der Waals surface area contributed by atoms with E-state index < -0.39 is 5.91 Å². The molecule has 0 unspecified atom stereocenters. The van der Waals surface area contributed by atoms with Crippen LogP contribution in [0.5, 0.6) is 23.0 Å². The van der Waals surface area contributed by atoms with Crippen LogP contribution in [-0.4, -0.2) is 72.5 Å². The summed E-state index contributed by atoms with van der Waals surface area (Å²) in [5, 5.41) is 15.4. The minimum atomic E-state index is -0.463. The van der Waals surface area contributed by atoms with E-state index in [-0.39, 0.29) is 35.6 Å². The van der Waals surface area contributed by atoms with Gasteiger partial charge in [-0.1, -0.05) is 41.9 Å². The maximum atomic E-state index is 13.0. The molecule has 11 heteroatoms. The molecule has 2 amide bonds. The number of carbonyl (C=O) groups is 2. The quantitative estimate of drug-likeness (QED) is 0.227. The Kier molecular flexibility index (Phi) is 8.30. The molecule has 0 aromatic heterocycles. The van der Waals surface area contributed by atoms with E-state index in [9.17, 15) is 14.7 Å². The minimum Gasteiger partial charge on any atom is -0.506 e. The third kappa shape index (κ3) is 6.50. The fraction of sp³-hybridized carbons (Fsp3) is 0.219. The van der Waals surface area contributed by atoms with E-state index in [1.165, 1.54) is 18.2 Å². The number of phenolic OH excluding ortho intramolecular Hbond substituents is 1. The van der Waals surface area contributed by atoms with Gasteiger partial charge in [0, 0.05) is 49.2 Å². The van der Waals surface area contributed by atoms with E-state index in [4.69, 9.17) is 25.8 Å². The van der Waals surface area contributed by atoms with E-state index in [0.717, 1.165) is 53.0 Å². The van der Waals surface area contributed by atoms with Crippen molar-refractivity contribution in [3.63, 3.8) is 0 Å². The van der Waals surface area contributed by atoms with Crippen LogP contribution in [0.15, 0.2) is 77.9 Å². The van der Waals surface area contributed by atoms with Crippen LogP contribution in [0.1, 0.15) is 21.5 Å². The number of nitrogens with one attached hydrogen (secondary N) is 1. The van der Waals surface area contributed by atoms with Gasteiger partial charge in [-0.3, -0.25) is 14.5 Å². The molecule has 0 radical (unpaired) electrons. The molecule has 6 rings (SSSR count). The lowest BCUT2D eigenvalue weighted by molar-refractivity contribution is -0.135. The highest BCUT2D eigenvalue weighted by Gasteiger charge is 2.23. The largest absolute Gasteiger partial charge is 0.506 e. The molecule has 1 saturated heterocycles. The molecular formula is C32H29ClN4O6. The lowest BCUT2D eigenvalue weighted by Crippen LogP contribution is -2.49. The molecule has 4 aromatic carbocycles. The van der Waals surface area contributed by atoms with Crippen LogP contribution in [0.3, 0.4) is 0 Å². The van der Waals surface area contributed by atoms with E-state index >= 15 is 0 Å². The zero-order valence-corrected chi connectivity index (χ0v) is 23.9. The number of hydrazone groups is 1. The number of hydrogen-bond acceptors (Lipinski definition) is 8. The summed E-state index contributed by atoms with van der Waals surface area (Å²) in [5.74, 6) is 1.51. The number of carbonyl (C=O) groups excluding carboxylic acids is 2. The van der Waals surface area contributed by atoms with Crippen molar-refractivity contribution < 1.29 is 28.9 Å². The Bertz CT molecular complexity index is 1700. The number of phenols is 1. The molecule has 220 valence electrons. The Morgan fingerprint density at radius 2 is 1.74 bits per heavy atom.